The molecule has 2 fully saturated rings. The number of sulfonamides is 1. The number of unbranched alkanes of at least 4 members (excludes halogenated alkanes) is 1. The maximum absolute atomic E-state index is 12.6. The second-order valence-electron chi connectivity index (χ2n) is 8.41. The molecule has 0 saturated carbocycles. The van der Waals surface area contributed by atoms with E-state index in [0.717, 1.165) is 12.1 Å². The summed E-state index contributed by atoms with van der Waals surface area (Å²) in [7, 11) is -3.23. The normalized spacial score (nSPS) is 18.6. The molecular formula is C22H33ClN4O4S. The minimum atomic E-state index is -3.23. The van der Waals surface area contributed by atoms with Crippen LogP contribution in [0.25, 0.3) is 0 Å². The molecule has 0 bridgehead atoms. The van der Waals surface area contributed by atoms with Gasteiger partial charge in [-0.1, -0.05) is 31.0 Å². The SMILES string of the molecule is CCCCS(=O)(=O)N1CCC(C(=O)NCC(=O)N2CCN(c3cccc(Cl)c3)CC2)CC1. The van der Waals surface area contributed by atoms with Crippen molar-refractivity contribution in [2.24, 2.45) is 5.92 Å². The molecule has 0 aromatic heterocycles. The average molecular weight is 485 g/mol. The molecule has 2 aliphatic rings. The molecule has 0 unspecified atom stereocenters. The third kappa shape index (κ3) is 6.59. The Bertz CT molecular complexity index is 895. The number of amides is 2. The molecule has 0 atom stereocenters. The molecule has 1 aromatic carbocycles. The van der Waals surface area contributed by atoms with Crippen LogP contribution in [0.15, 0.2) is 24.3 Å². The van der Waals surface area contributed by atoms with Crippen LogP contribution in [0.5, 0.6) is 0 Å². The Morgan fingerprint density at radius 3 is 2.41 bits per heavy atom. The lowest BCUT2D eigenvalue weighted by molar-refractivity contribution is -0.134. The van der Waals surface area contributed by atoms with Gasteiger partial charge in [-0.05, 0) is 37.5 Å². The van der Waals surface area contributed by atoms with Crippen molar-refractivity contribution >= 4 is 39.1 Å². The van der Waals surface area contributed by atoms with Gasteiger partial charge in [-0.25, -0.2) is 12.7 Å². The Hall–Kier alpha value is -1.84. The number of piperidine rings is 1. The van der Waals surface area contributed by atoms with E-state index < -0.39 is 10.0 Å². The Labute approximate surface area is 195 Å². The van der Waals surface area contributed by atoms with E-state index in [9.17, 15) is 18.0 Å². The third-order valence-electron chi connectivity index (χ3n) is 6.19. The van der Waals surface area contributed by atoms with Crippen molar-refractivity contribution in [3.63, 3.8) is 0 Å². The lowest BCUT2D eigenvalue weighted by atomic mass is 9.97. The molecule has 1 aromatic rings. The Balaban J connectivity index is 1.39. The van der Waals surface area contributed by atoms with Crippen molar-refractivity contribution in [2.75, 3.05) is 56.5 Å². The first-order valence-corrected chi connectivity index (χ1v) is 13.3. The van der Waals surface area contributed by atoms with Crippen molar-refractivity contribution in [3.8, 4) is 0 Å². The lowest BCUT2D eigenvalue weighted by Crippen LogP contribution is -2.52. The summed E-state index contributed by atoms with van der Waals surface area (Å²) in [6, 6.07) is 7.67. The first-order valence-electron chi connectivity index (χ1n) is 11.3. The molecule has 0 radical (unpaired) electrons. The van der Waals surface area contributed by atoms with E-state index in [1.165, 1.54) is 4.31 Å². The highest BCUT2D eigenvalue weighted by molar-refractivity contribution is 7.89. The average Bonchev–Trinajstić information content (AvgIpc) is 2.81. The van der Waals surface area contributed by atoms with Crippen LogP contribution in [0.2, 0.25) is 5.02 Å². The molecule has 3 rings (SSSR count). The second-order valence-corrected chi connectivity index (χ2v) is 10.9. The number of nitrogens with one attached hydrogen (secondary N) is 1. The first kappa shape index (κ1) is 24.8. The maximum atomic E-state index is 12.6. The zero-order valence-corrected chi connectivity index (χ0v) is 20.2. The van der Waals surface area contributed by atoms with Gasteiger partial charge in [0, 0.05) is 55.9 Å². The highest BCUT2D eigenvalue weighted by atomic mass is 35.5. The van der Waals surface area contributed by atoms with E-state index in [-0.39, 0.29) is 30.0 Å². The van der Waals surface area contributed by atoms with Crippen LogP contribution in [0.1, 0.15) is 32.6 Å². The van der Waals surface area contributed by atoms with E-state index >= 15 is 0 Å². The number of carbonyl (C=O) groups excluding carboxylic acids is 2. The first-order chi connectivity index (χ1) is 15.3. The molecule has 2 amide bonds. The Morgan fingerprint density at radius 2 is 1.78 bits per heavy atom. The van der Waals surface area contributed by atoms with Gasteiger partial charge in [0.15, 0.2) is 0 Å². The summed E-state index contributed by atoms with van der Waals surface area (Å²) >= 11 is 6.06. The highest BCUT2D eigenvalue weighted by Gasteiger charge is 2.31. The molecule has 2 saturated heterocycles. The van der Waals surface area contributed by atoms with Gasteiger partial charge in [0.25, 0.3) is 0 Å². The lowest BCUT2D eigenvalue weighted by Gasteiger charge is -2.36. The fourth-order valence-electron chi connectivity index (χ4n) is 4.16. The van der Waals surface area contributed by atoms with Gasteiger partial charge in [0.05, 0.1) is 12.3 Å². The number of hydrogen-bond donors (Lipinski definition) is 1. The monoisotopic (exact) mass is 484 g/mol. The third-order valence-corrected chi connectivity index (χ3v) is 8.39. The molecule has 0 spiro atoms. The van der Waals surface area contributed by atoms with E-state index in [0.29, 0.717) is 63.6 Å². The van der Waals surface area contributed by atoms with Crippen LogP contribution >= 0.6 is 11.6 Å². The summed E-state index contributed by atoms with van der Waals surface area (Å²) in [4.78, 5) is 29.0. The largest absolute Gasteiger partial charge is 0.368 e. The van der Waals surface area contributed by atoms with E-state index in [1.54, 1.807) is 4.90 Å². The zero-order valence-electron chi connectivity index (χ0n) is 18.6. The van der Waals surface area contributed by atoms with Gasteiger partial charge >= 0.3 is 0 Å². The van der Waals surface area contributed by atoms with Gasteiger partial charge in [-0.2, -0.15) is 0 Å². The number of halogens is 1. The summed E-state index contributed by atoms with van der Waals surface area (Å²) in [6.07, 6.45) is 2.47. The Morgan fingerprint density at radius 1 is 1.09 bits per heavy atom. The zero-order chi connectivity index (χ0) is 23.1. The van der Waals surface area contributed by atoms with Crippen LogP contribution in [0.3, 0.4) is 0 Å². The topological polar surface area (TPSA) is 90.0 Å². The number of hydrogen-bond acceptors (Lipinski definition) is 5. The summed E-state index contributed by atoms with van der Waals surface area (Å²) in [6.45, 7) is 5.28. The second kappa shape index (κ2) is 11.3. The molecule has 8 nitrogen and oxygen atoms in total. The van der Waals surface area contributed by atoms with Crippen LogP contribution in [0.4, 0.5) is 5.69 Å². The predicted octanol–water partition coefficient (Wildman–Crippen LogP) is 1.95. The molecule has 2 heterocycles. The molecule has 1 N–H and O–H groups in total. The quantitative estimate of drug-likeness (QED) is 0.609. The number of carbonyl (C=O) groups is 2. The van der Waals surface area contributed by atoms with Gasteiger partial charge in [0.1, 0.15) is 0 Å². The maximum Gasteiger partial charge on any atom is 0.242 e. The van der Waals surface area contributed by atoms with Gasteiger partial charge in [-0.3, -0.25) is 9.59 Å². The summed E-state index contributed by atoms with van der Waals surface area (Å²) in [5.74, 6) is -0.343. The van der Waals surface area contributed by atoms with Gasteiger partial charge in [0.2, 0.25) is 21.8 Å². The van der Waals surface area contributed by atoms with E-state index in [4.69, 9.17) is 11.6 Å². The smallest absolute Gasteiger partial charge is 0.242 e. The molecule has 10 heteroatoms. The highest BCUT2D eigenvalue weighted by Crippen LogP contribution is 2.22. The van der Waals surface area contributed by atoms with Gasteiger partial charge < -0.3 is 15.1 Å². The minimum Gasteiger partial charge on any atom is -0.368 e. The van der Waals surface area contributed by atoms with Crippen molar-refractivity contribution in [1.29, 1.82) is 0 Å². The molecular weight excluding hydrogens is 452 g/mol. The summed E-state index contributed by atoms with van der Waals surface area (Å²) in [5, 5.41) is 3.45. The molecule has 2 aliphatic heterocycles. The fraction of sp³-hybridized carbons (Fsp3) is 0.636. The number of anilines is 1. The van der Waals surface area contributed by atoms with Crippen molar-refractivity contribution in [3.05, 3.63) is 29.3 Å². The summed E-state index contributed by atoms with van der Waals surface area (Å²) < 4.78 is 26.1. The van der Waals surface area contributed by atoms with Gasteiger partial charge in [-0.15, -0.1) is 0 Å². The number of rotatable bonds is 8. The number of benzene rings is 1. The number of piperazine rings is 1. The number of nitrogens with zero attached hydrogens (tertiary/aromatic N) is 3. The van der Waals surface area contributed by atoms with Crippen molar-refractivity contribution in [2.45, 2.75) is 32.6 Å². The molecule has 32 heavy (non-hydrogen) atoms. The summed E-state index contributed by atoms with van der Waals surface area (Å²) in [5.41, 5.74) is 1.04. The predicted molar refractivity (Wildman–Crippen MR) is 126 cm³/mol. The standard InChI is InChI=1S/C22H33ClN4O4S/c1-2-3-15-32(30,31)27-9-7-18(8-10-27)22(29)24-17-21(28)26-13-11-25(12-14-26)20-6-4-5-19(23)16-20/h4-6,16,18H,2-3,7-15,17H2,1H3,(H,24,29). The van der Waals surface area contributed by atoms with Crippen LogP contribution < -0.4 is 10.2 Å². The van der Waals surface area contributed by atoms with Crippen molar-refractivity contribution in [1.82, 2.24) is 14.5 Å². The van der Waals surface area contributed by atoms with Crippen LogP contribution in [0, 0.1) is 5.92 Å². The van der Waals surface area contributed by atoms with Crippen LogP contribution in [-0.2, 0) is 19.6 Å². The van der Waals surface area contributed by atoms with Crippen molar-refractivity contribution < 1.29 is 18.0 Å². The molecule has 0 aliphatic carbocycles. The van der Waals surface area contributed by atoms with E-state index in [1.807, 2.05) is 31.2 Å². The van der Waals surface area contributed by atoms with E-state index in [2.05, 4.69) is 10.2 Å². The molecule has 178 valence electrons. The van der Waals surface area contributed by atoms with Crippen LogP contribution in [-0.4, -0.2) is 81.0 Å². The minimum absolute atomic E-state index is 0.0228. The Kier molecular flexibility index (Phi) is 8.79. The fourth-order valence-corrected chi connectivity index (χ4v) is 6.02.